The zero-order chi connectivity index (χ0) is 14.2. The van der Waals surface area contributed by atoms with E-state index < -0.39 is 29.1 Å². The van der Waals surface area contributed by atoms with E-state index in [0.717, 1.165) is 6.07 Å². The average molecular weight is 396 g/mol. The van der Waals surface area contributed by atoms with Gasteiger partial charge in [0.25, 0.3) is 0 Å². The maximum Gasteiger partial charge on any atom is 0.146 e. The summed E-state index contributed by atoms with van der Waals surface area (Å²) < 4.78 is 40.9. The minimum Gasteiger partial charge on any atom is -0.383 e. The molecule has 0 amide bonds. The van der Waals surface area contributed by atoms with Crippen LogP contribution in [-0.4, -0.2) is 5.11 Å². The van der Waals surface area contributed by atoms with Gasteiger partial charge in [0.05, 0.1) is 14.5 Å². The Labute approximate surface area is 124 Å². The molecule has 0 saturated heterocycles. The molecule has 0 spiro atoms. The Bertz CT molecular complexity index is 632. The van der Waals surface area contributed by atoms with Gasteiger partial charge in [-0.2, -0.15) is 0 Å². The van der Waals surface area contributed by atoms with Gasteiger partial charge in [0.15, 0.2) is 0 Å². The van der Waals surface area contributed by atoms with Crippen molar-refractivity contribution in [3.8, 4) is 0 Å². The van der Waals surface area contributed by atoms with Crippen LogP contribution in [0.25, 0.3) is 0 Å². The monoisotopic (exact) mass is 394 g/mol. The van der Waals surface area contributed by atoms with Crippen LogP contribution in [0, 0.1) is 17.5 Å². The molecule has 0 saturated carbocycles. The third kappa shape index (κ3) is 2.70. The minimum absolute atomic E-state index is 0.0236. The molecular weight excluding hydrogens is 389 g/mol. The van der Waals surface area contributed by atoms with E-state index in [9.17, 15) is 18.3 Å². The van der Waals surface area contributed by atoms with Crippen molar-refractivity contribution in [2.24, 2.45) is 0 Å². The van der Waals surface area contributed by atoms with Crippen molar-refractivity contribution >= 4 is 31.9 Å². The van der Waals surface area contributed by atoms with Crippen molar-refractivity contribution in [1.29, 1.82) is 0 Å². The van der Waals surface area contributed by atoms with E-state index >= 15 is 0 Å². The van der Waals surface area contributed by atoms with Gasteiger partial charge in [-0.1, -0.05) is 12.1 Å². The van der Waals surface area contributed by atoms with Crippen molar-refractivity contribution in [1.82, 2.24) is 0 Å². The summed E-state index contributed by atoms with van der Waals surface area (Å²) in [6, 6.07) is 6.14. The first-order chi connectivity index (χ1) is 8.93. The maximum atomic E-state index is 13.9. The molecule has 0 radical (unpaired) electrons. The molecule has 0 aliphatic rings. The van der Waals surface area contributed by atoms with Crippen LogP contribution in [0.2, 0.25) is 0 Å². The molecule has 6 heteroatoms. The smallest absolute Gasteiger partial charge is 0.146 e. The van der Waals surface area contributed by atoms with Crippen LogP contribution in [0.15, 0.2) is 39.3 Å². The third-order valence-corrected chi connectivity index (χ3v) is 4.08. The van der Waals surface area contributed by atoms with E-state index in [4.69, 9.17) is 0 Å². The lowest BCUT2D eigenvalue weighted by Gasteiger charge is -2.16. The quantitative estimate of drug-likeness (QED) is 0.730. The Morgan fingerprint density at radius 1 is 0.947 bits per heavy atom. The number of rotatable bonds is 2. The molecule has 0 heterocycles. The molecule has 1 unspecified atom stereocenters. The molecule has 0 aromatic heterocycles. The Morgan fingerprint density at radius 2 is 1.63 bits per heavy atom. The number of halogens is 5. The van der Waals surface area contributed by atoms with Crippen molar-refractivity contribution in [3.63, 3.8) is 0 Å². The number of hydrogen-bond acceptors (Lipinski definition) is 1. The van der Waals surface area contributed by atoms with Crippen LogP contribution < -0.4 is 0 Å². The molecule has 100 valence electrons. The number of hydrogen-bond donors (Lipinski definition) is 1. The van der Waals surface area contributed by atoms with Gasteiger partial charge in [0.1, 0.15) is 23.6 Å². The van der Waals surface area contributed by atoms with E-state index in [2.05, 4.69) is 31.9 Å². The zero-order valence-electron chi connectivity index (χ0n) is 9.30. The molecule has 0 aliphatic heterocycles. The molecule has 0 fully saturated rings. The lowest BCUT2D eigenvalue weighted by atomic mass is 10.0. The standard InChI is InChI=1S/C13H7Br2F3O/c14-7-4-5-8(16)10(12(7)18)13(19)6-2-1-3-9(17)11(6)15/h1-5,13,19H. The predicted molar refractivity (Wildman–Crippen MR) is 72.2 cm³/mol. The maximum absolute atomic E-state index is 13.9. The molecule has 0 bridgehead atoms. The van der Waals surface area contributed by atoms with Crippen LogP contribution in [0.5, 0.6) is 0 Å². The second-order valence-electron chi connectivity index (χ2n) is 3.80. The summed E-state index contributed by atoms with van der Waals surface area (Å²) in [5.74, 6) is -2.43. The highest BCUT2D eigenvalue weighted by Crippen LogP contribution is 2.34. The van der Waals surface area contributed by atoms with Gasteiger partial charge in [-0.25, -0.2) is 13.2 Å². The predicted octanol–water partition coefficient (Wildman–Crippen LogP) is 4.71. The molecule has 1 N–H and O–H groups in total. The van der Waals surface area contributed by atoms with Crippen molar-refractivity contribution in [2.45, 2.75) is 6.10 Å². The van der Waals surface area contributed by atoms with E-state index in [0.29, 0.717) is 0 Å². The van der Waals surface area contributed by atoms with Gasteiger partial charge in [-0.05, 0) is 50.1 Å². The highest BCUT2D eigenvalue weighted by molar-refractivity contribution is 9.10. The van der Waals surface area contributed by atoms with Crippen LogP contribution in [0.1, 0.15) is 17.2 Å². The second kappa shape index (κ2) is 5.64. The number of benzene rings is 2. The van der Waals surface area contributed by atoms with Crippen LogP contribution in [0.4, 0.5) is 13.2 Å². The first kappa shape index (κ1) is 14.6. The van der Waals surface area contributed by atoms with Gasteiger partial charge in [-0.15, -0.1) is 0 Å². The molecule has 0 aliphatic carbocycles. The topological polar surface area (TPSA) is 20.2 Å². The van der Waals surface area contributed by atoms with E-state index in [-0.39, 0.29) is 14.5 Å². The fourth-order valence-electron chi connectivity index (χ4n) is 1.68. The Hall–Kier alpha value is -0.850. The zero-order valence-corrected chi connectivity index (χ0v) is 12.5. The summed E-state index contributed by atoms with van der Waals surface area (Å²) in [4.78, 5) is 0. The summed E-state index contributed by atoms with van der Waals surface area (Å²) in [5.41, 5.74) is -0.475. The van der Waals surface area contributed by atoms with E-state index in [1.807, 2.05) is 0 Å². The fourth-order valence-corrected chi connectivity index (χ4v) is 2.51. The first-order valence-corrected chi connectivity index (χ1v) is 6.77. The van der Waals surface area contributed by atoms with Crippen molar-refractivity contribution in [3.05, 3.63) is 67.9 Å². The molecule has 19 heavy (non-hydrogen) atoms. The lowest BCUT2D eigenvalue weighted by molar-refractivity contribution is 0.207. The molecule has 2 rings (SSSR count). The second-order valence-corrected chi connectivity index (χ2v) is 5.45. The SMILES string of the molecule is OC(c1cccc(F)c1Br)c1c(F)ccc(Br)c1F. The Morgan fingerprint density at radius 3 is 2.32 bits per heavy atom. The largest absolute Gasteiger partial charge is 0.383 e. The first-order valence-electron chi connectivity index (χ1n) is 5.19. The average Bonchev–Trinajstić information content (AvgIpc) is 2.37. The highest BCUT2D eigenvalue weighted by atomic mass is 79.9. The summed E-state index contributed by atoms with van der Waals surface area (Å²) in [5, 5.41) is 10.1. The van der Waals surface area contributed by atoms with Gasteiger partial charge in [0.2, 0.25) is 0 Å². The van der Waals surface area contributed by atoms with Gasteiger partial charge < -0.3 is 5.11 Å². The molecule has 2 aromatic carbocycles. The summed E-state index contributed by atoms with van der Waals surface area (Å²) in [7, 11) is 0. The third-order valence-electron chi connectivity index (χ3n) is 2.63. The van der Waals surface area contributed by atoms with Gasteiger partial charge >= 0.3 is 0 Å². The summed E-state index contributed by atoms with van der Waals surface area (Å²) in [6.07, 6.45) is -1.61. The van der Waals surface area contributed by atoms with Crippen LogP contribution in [-0.2, 0) is 0 Å². The van der Waals surface area contributed by atoms with Gasteiger partial charge in [-0.3, -0.25) is 0 Å². The van der Waals surface area contributed by atoms with Gasteiger partial charge in [0, 0.05) is 5.56 Å². The number of aliphatic hydroxyl groups excluding tert-OH is 1. The summed E-state index contributed by atoms with van der Waals surface area (Å²) >= 11 is 5.87. The summed E-state index contributed by atoms with van der Waals surface area (Å²) in [6.45, 7) is 0. The molecule has 2 aromatic rings. The normalized spacial score (nSPS) is 12.5. The minimum atomic E-state index is -1.61. The van der Waals surface area contributed by atoms with Crippen molar-refractivity contribution < 1.29 is 18.3 Å². The Balaban J connectivity index is 2.59. The Kier molecular flexibility index (Phi) is 4.32. The number of aliphatic hydroxyl groups is 1. The highest BCUT2D eigenvalue weighted by Gasteiger charge is 2.24. The van der Waals surface area contributed by atoms with Crippen LogP contribution in [0.3, 0.4) is 0 Å². The fraction of sp³-hybridized carbons (Fsp3) is 0.0769. The molecule has 1 atom stereocenters. The van der Waals surface area contributed by atoms with Crippen molar-refractivity contribution in [2.75, 3.05) is 0 Å². The molecular formula is C13H7Br2F3O. The molecule has 1 nitrogen and oxygen atoms in total. The lowest BCUT2D eigenvalue weighted by Crippen LogP contribution is -2.07. The van der Waals surface area contributed by atoms with E-state index in [1.165, 1.54) is 24.3 Å². The van der Waals surface area contributed by atoms with E-state index in [1.54, 1.807) is 0 Å². The van der Waals surface area contributed by atoms with Crippen LogP contribution >= 0.6 is 31.9 Å².